The highest BCUT2D eigenvalue weighted by Crippen LogP contribution is 2.29. The normalized spacial score (nSPS) is 22.4. The Labute approximate surface area is 178 Å². The van der Waals surface area contributed by atoms with Gasteiger partial charge in [-0.15, -0.1) is 0 Å². The molecule has 1 saturated heterocycles. The Morgan fingerprint density at radius 1 is 1.23 bits per heavy atom. The number of alkyl carbamates (subject to hydrolysis) is 1. The maximum atomic E-state index is 13.0. The maximum Gasteiger partial charge on any atom is 0.408 e. The number of nitrogens with one attached hydrogen (secondary N) is 2. The van der Waals surface area contributed by atoms with Gasteiger partial charge in [-0.05, 0) is 24.8 Å². The van der Waals surface area contributed by atoms with Gasteiger partial charge in [-0.1, -0.05) is 62.6 Å². The summed E-state index contributed by atoms with van der Waals surface area (Å²) in [6, 6.07) is 8.47. The Balaban J connectivity index is 1.58. The average molecular weight is 417 g/mol. The van der Waals surface area contributed by atoms with Gasteiger partial charge < -0.3 is 24.8 Å². The van der Waals surface area contributed by atoms with Crippen LogP contribution in [-0.4, -0.2) is 37.0 Å². The molecule has 0 aromatic heterocycles. The molecule has 2 amide bonds. The van der Waals surface area contributed by atoms with Crippen LogP contribution in [0.2, 0.25) is 0 Å². The number of rotatable bonds is 9. The summed E-state index contributed by atoms with van der Waals surface area (Å²) in [5, 5.41) is 5.75. The first kappa shape index (κ1) is 22.2. The lowest BCUT2D eigenvalue weighted by molar-refractivity contribution is -0.131. The van der Waals surface area contributed by atoms with Gasteiger partial charge in [-0.3, -0.25) is 4.79 Å². The summed E-state index contributed by atoms with van der Waals surface area (Å²) < 4.78 is 16.4. The Bertz CT molecular complexity index is 718. The Kier molecular flexibility index (Phi) is 8.13. The van der Waals surface area contributed by atoms with Gasteiger partial charge in [-0.25, -0.2) is 4.79 Å². The fourth-order valence-electron chi connectivity index (χ4n) is 4.07. The van der Waals surface area contributed by atoms with Crippen LogP contribution in [0.25, 0.3) is 0 Å². The van der Waals surface area contributed by atoms with Crippen molar-refractivity contribution in [2.45, 2.75) is 70.4 Å². The lowest BCUT2D eigenvalue weighted by Crippen LogP contribution is -2.52. The highest BCUT2D eigenvalue weighted by atomic mass is 16.7. The van der Waals surface area contributed by atoms with Gasteiger partial charge in [0.25, 0.3) is 0 Å². The predicted octanol–water partition coefficient (Wildman–Crippen LogP) is 3.64. The first-order chi connectivity index (χ1) is 14.5. The van der Waals surface area contributed by atoms with E-state index in [1.165, 1.54) is 12.8 Å². The Morgan fingerprint density at radius 2 is 1.97 bits per heavy atom. The van der Waals surface area contributed by atoms with Crippen LogP contribution < -0.4 is 10.6 Å². The van der Waals surface area contributed by atoms with Crippen LogP contribution in [0.1, 0.15) is 51.0 Å². The topological polar surface area (TPSA) is 85.9 Å². The Hall–Kier alpha value is -2.54. The number of hydrogen-bond donors (Lipinski definition) is 2. The van der Waals surface area contributed by atoms with E-state index in [4.69, 9.17) is 14.2 Å². The summed E-state index contributed by atoms with van der Waals surface area (Å²) in [7, 11) is 0. The molecular formula is C23H32N2O5. The second-order valence-electron chi connectivity index (χ2n) is 7.94. The van der Waals surface area contributed by atoms with E-state index in [0.29, 0.717) is 31.1 Å². The van der Waals surface area contributed by atoms with Crippen molar-refractivity contribution >= 4 is 12.0 Å². The molecule has 7 nitrogen and oxygen atoms in total. The minimum atomic E-state index is -0.660. The number of hydrogen-bond acceptors (Lipinski definition) is 5. The summed E-state index contributed by atoms with van der Waals surface area (Å²) in [5.74, 6) is 0.764. The minimum absolute atomic E-state index is 0.160. The van der Waals surface area contributed by atoms with E-state index in [9.17, 15) is 9.59 Å². The zero-order valence-electron chi connectivity index (χ0n) is 17.6. The molecule has 3 rings (SSSR count). The van der Waals surface area contributed by atoms with Crippen molar-refractivity contribution in [1.82, 2.24) is 10.6 Å². The molecular weight excluding hydrogens is 384 g/mol. The fraction of sp³-hybridized carbons (Fsp3) is 0.565. The lowest BCUT2D eigenvalue weighted by Gasteiger charge is -2.24. The highest BCUT2D eigenvalue weighted by Gasteiger charge is 2.36. The number of benzene rings is 1. The van der Waals surface area contributed by atoms with Crippen LogP contribution in [0.3, 0.4) is 0 Å². The van der Waals surface area contributed by atoms with Crippen molar-refractivity contribution < 1.29 is 23.8 Å². The van der Waals surface area contributed by atoms with Gasteiger partial charge in [-0.2, -0.15) is 0 Å². The van der Waals surface area contributed by atoms with Gasteiger partial charge in [0.2, 0.25) is 12.2 Å². The fourth-order valence-corrected chi connectivity index (χ4v) is 4.07. The number of amides is 2. The van der Waals surface area contributed by atoms with Gasteiger partial charge in [0, 0.05) is 13.0 Å². The van der Waals surface area contributed by atoms with E-state index in [1.807, 2.05) is 37.3 Å². The Morgan fingerprint density at radius 3 is 2.67 bits per heavy atom. The first-order valence-corrected chi connectivity index (χ1v) is 10.8. The molecule has 164 valence electrons. The number of carbonyl (C=O) groups excluding carboxylic acids is 2. The summed E-state index contributed by atoms with van der Waals surface area (Å²) >= 11 is 0. The summed E-state index contributed by atoms with van der Waals surface area (Å²) in [6.07, 6.45) is 4.44. The lowest BCUT2D eigenvalue weighted by atomic mass is 9.97. The van der Waals surface area contributed by atoms with Crippen LogP contribution in [-0.2, 0) is 25.6 Å². The SMILES string of the molecule is C=C1C[C@H](NC(=O)[C@H](CC2CCCC2)NC(=O)OCc2ccccc2)[C@H](OCC)O1. The molecule has 0 radical (unpaired) electrons. The average Bonchev–Trinajstić information content (AvgIpc) is 3.36. The zero-order valence-corrected chi connectivity index (χ0v) is 17.6. The van der Waals surface area contributed by atoms with Crippen molar-refractivity contribution in [3.63, 3.8) is 0 Å². The second kappa shape index (κ2) is 11.0. The van der Waals surface area contributed by atoms with Gasteiger partial charge in [0.15, 0.2) is 0 Å². The largest absolute Gasteiger partial charge is 0.468 e. The second-order valence-corrected chi connectivity index (χ2v) is 7.94. The third-order valence-corrected chi connectivity index (χ3v) is 5.58. The number of carbonyl (C=O) groups is 2. The molecule has 1 saturated carbocycles. The van der Waals surface area contributed by atoms with E-state index < -0.39 is 18.4 Å². The smallest absolute Gasteiger partial charge is 0.408 e. The van der Waals surface area contributed by atoms with Crippen LogP contribution in [0.5, 0.6) is 0 Å². The minimum Gasteiger partial charge on any atom is -0.468 e. The summed E-state index contributed by atoms with van der Waals surface area (Å²) in [6.45, 7) is 6.33. The molecule has 2 aliphatic rings. The van der Waals surface area contributed by atoms with Crippen molar-refractivity contribution in [2.24, 2.45) is 5.92 Å². The molecule has 1 aromatic carbocycles. The third-order valence-electron chi connectivity index (χ3n) is 5.58. The molecule has 1 aliphatic carbocycles. The predicted molar refractivity (Wildman–Crippen MR) is 112 cm³/mol. The van der Waals surface area contributed by atoms with Gasteiger partial charge in [0.1, 0.15) is 12.6 Å². The van der Waals surface area contributed by atoms with Gasteiger partial charge >= 0.3 is 6.09 Å². The first-order valence-electron chi connectivity index (χ1n) is 10.8. The molecule has 0 unspecified atom stereocenters. The van der Waals surface area contributed by atoms with E-state index in [-0.39, 0.29) is 18.6 Å². The standard InChI is InChI=1S/C23H32N2O5/c1-3-28-22-20(13-16(2)30-22)24-21(26)19(14-17-9-7-8-10-17)25-23(27)29-15-18-11-5-4-6-12-18/h4-6,11-12,17,19-20,22H,2-3,7-10,13-15H2,1H3,(H,24,26)(H,25,27)/t19-,20-,22+/m0/s1. The summed E-state index contributed by atoms with van der Waals surface area (Å²) in [5.41, 5.74) is 0.894. The molecule has 7 heteroatoms. The summed E-state index contributed by atoms with van der Waals surface area (Å²) in [4.78, 5) is 25.4. The maximum absolute atomic E-state index is 13.0. The van der Waals surface area contributed by atoms with Gasteiger partial charge in [0.05, 0.1) is 11.8 Å². The van der Waals surface area contributed by atoms with E-state index >= 15 is 0 Å². The quantitative estimate of drug-likeness (QED) is 0.642. The highest BCUT2D eigenvalue weighted by molar-refractivity contribution is 5.85. The molecule has 1 heterocycles. The molecule has 1 aromatic rings. The van der Waals surface area contributed by atoms with Crippen LogP contribution in [0, 0.1) is 5.92 Å². The van der Waals surface area contributed by atoms with E-state index in [0.717, 1.165) is 18.4 Å². The van der Waals surface area contributed by atoms with Crippen molar-refractivity contribution in [3.05, 3.63) is 48.2 Å². The van der Waals surface area contributed by atoms with E-state index in [2.05, 4.69) is 17.2 Å². The van der Waals surface area contributed by atoms with Crippen molar-refractivity contribution in [2.75, 3.05) is 6.61 Å². The third kappa shape index (κ3) is 6.49. The molecule has 0 spiro atoms. The van der Waals surface area contributed by atoms with Crippen LogP contribution in [0.4, 0.5) is 4.79 Å². The van der Waals surface area contributed by atoms with Crippen molar-refractivity contribution in [3.8, 4) is 0 Å². The molecule has 30 heavy (non-hydrogen) atoms. The molecule has 0 bridgehead atoms. The molecule has 2 fully saturated rings. The van der Waals surface area contributed by atoms with E-state index in [1.54, 1.807) is 0 Å². The van der Waals surface area contributed by atoms with Crippen LogP contribution >= 0.6 is 0 Å². The molecule has 2 N–H and O–H groups in total. The monoisotopic (exact) mass is 416 g/mol. The van der Waals surface area contributed by atoms with Crippen molar-refractivity contribution in [1.29, 1.82) is 0 Å². The number of ether oxygens (including phenoxy) is 3. The molecule has 1 aliphatic heterocycles. The molecule has 3 atom stereocenters. The van der Waals surface area contributed by atoms with Crippen LogP contribution in [0.15, 0.2) is 42.7 Å². The zero-order chi connectivity index (χ0) is 21.3.